The molecule has 0 aromatic heterocycles. The second-order valence-electron chi connectivity index (χ2n) is 12.3. The maximum Gasteiger partial charge on any atom is 0.333 e. The number of aliphatic carboxylic acids is 1. The van der Waals surface area contributed by atoms with Gasteiger partial charge in [-0.1, -0.05) is 685 Å². The smallest absolute Gasteiger partial charge is 0.333 e. The Morgan fingerprint density at radius 2 is 0.269 bits per heavy atom. The predicted octanol–water partition coefficient (Wildman–Crippen LogP) is 31.6. The van der Waals surface area contributed by atoms with Crippen LogP contribution in [0, 0.1) is 0 Å². The van der Waals surface area contributed by atoms with E-state index < -0.39 is 72.8 Å². The van der Waals surface area contributed by atoms with E-state index in [9.17, 15) is 9.90 Å². The normalized spacial score (nSPS) is 17.3. The molecule has 0 aliphatic heterocycles. The first kappa shape index (κ1) is 87.1. The third-order valence-corrected chi connectivity index (χ3v) is 101. The van der Waals surface area contributed by atoms with Crippen molar-refractivity contribution >= 4 is 691 Å². The molecule has 0 radical (unpaired) electrons. The molecule has 0 aliphatic carbocycles. The molecule has 0 amide bonds. The van der Waals surface area contributed by atoms with Gasteiger partial charge in [0.1, 0.15) is 61.4 Å². The van der Waals surface area contributed by atoms with Crippen molar-refractivity contribution < 1.29 is 9.90 Å². The molecule has 0 rings (SSSR count). The van der Waals surface area contributed by atoms with E-state index in [4.69, 9.17) is 0 Å². The Kier molecular flexibility index (Phi) is 36.5. The Morgan fingerprint density at radius 3 is 0.358 bits per heavy atom. The first-order valence-corrected chi connectivity index (χ1v) is 47.9. The lowest BCUT2D eigenvalue weighted by molar-refractivity contribution is -0.137. The number of hydrogen-bond donors (Lipinski definition) is 1. The standard InChI is InChI=1S/C22HBr43O2/c23-2(24,1(66)67)3(25,26)4(27,28)5(29,30)6(31,32)7(33,34)8(35,36)9(37,38)10(39,40)11(41,42)12(43,44)13(45,46)14(47,48)15(49,50)16(51,52)17(53,54)18(55,56)19(57,58)20(59,60)21(61,62)22(63,64)65/h(H,66,67). The van der Waals surface area contributed by atoms with Crippen LogP contribution < -0.4 is 0 Å². The molecule has 0 heterocycles. The molecule has 0 aromatic rings. The second-order valence-corrected chi connectivity index (χ2v) is 87.9. The minimum absolute atomic E-state index is 0.947. The largest absolute Gasteiger partial charge is 0.480 e. The third-order valence-electron chi connectivity index (χ3n) is 8.12. The van der Waals surface area contributed by atoms with Gasteiger partial charge in [0.2, 0.25) is 3.23 Å². The van der Waals surface area contributed by atoms with Gasteiger partial charge in [0, 0.05) is 0 Å². The van der Waals surface area contributed by atoms with Crippen LogP contribution in [0.15, 0.2) is 0 Å². The molecule has 0 saturated heterocycles. The molecule has 0 saturated carbocycles. The van der Waals surface area contributed by atoms with Crippen molar-refractivity contribution in [3.63, 3.8) is 0 Å². The van der Waals surface area contributed by atoms with Crippen molar-refractivity contribution in [1.82, 2.24) is 0 Å². The molecule has 0 aromatic carbocycles. The van der Waals surface area contributed by atoms with Crippen LogP contribution in [0.1, 0.15) is 0 Å². The van der Waals surface area contributed by atoms with Gasteiger partial charge in [-0.05, 0) is 0 Å². The van der Waals surface area contributed by atoms with Crippen molar-refractivity contribution in [2.45, 2.75) is 66.8 Å². The molecule has 67 heavy (non-hydrogen) atoms. The van der Waals surface area contributed by atoms with Crippen molar-refractivity contribution in [3.8, 4) is 0 Å². The van der Waals surface area contributed by atoms with Gasteiger partial charge in [-0.2, -0.15) is 0 Å². The molecular formula is C22HBr43O2. The molecule has 0 bridgehead atoms. The summed E-state index contributed by atoms with van der Waals surface area (Å²) in [5, 5.41) is 10.2. The summed E-state index contributed by atoms with van der Waals surface area (Å²) in [6.07, 6.45) is 0. The predicted molar refractivity (Wildman–Crippen MR) is 449 cm³/mol. The second kappa shape index (κ2) is 28.1. The van der Waals surface area contributed by atoms with E-state index in [1.54, 1.807) is 0 Å². The topological polar surface area (TPSA) is 37.3 Å². The molecule has 0 unspecified atom stereocenters. The van der Waals surface area contributed by atoms with Gasteiger partial charge in [-0.3, -0.25) is 0 Å². The number of alkyl halides is 43. The molecule has 45 heteroatoms. The Hall–Kier alpha value is 20.1. The summed E-state index contributed by atoms with van der Waals surface area (Å²) < 4.78 is -29.6. The fourth-order valence-corrected chi connectivity index (χ4v) is 47.8. The van der Waals surface area contributed by atoms with Crippen molar-refractivity contribution in [2.24, 2.45) is 0 Å². The van der Waals surface area contributed by atoms with E-state index in [-0.39, 0.29) is 0 Å². The molecule has 0 fully saturated rings. The van der Waals surface area contributed by atoms with Crippen LogP contribution in [0.5, 0.6) is 0 Å². The Balaban J connectivity index is 8.07. The zero-order chi connectivity index (χ0) is 56.1. The van der Waals surface area contributed by atoms with Crippen molar-refractivity contribution in [2.75, 3.05) is 0 Å². The first-order valence-electron chi connectivity index (χ1n) is 13.8. The average Bonchev–Trinajstić information content (AvgIpc) is 3.09. The monoisotopic (exact) mass is 3690 g/mol. The summed E-state index contributed by atoms with van der Waals surface area (Å²) in [6.45, 7) is 0. The van der Waals surface area contributed by atoms with E-state index in [1.165, 1.54) is 0 Å². The van der Waals surface area contributed by atoms with Crippen LogP contribution in [0.3, 0.4) is 0 Å². The maximum atomic E-state index is 12.5. The molecule has 0 aliphatic rings. The quantitative estimate of drug-likeness (QED) is 0.123. The molecule has 0 atom stereocenters. The minimum atomic E-state index is -1.83. The molecule has 402 valence electrons. The fraction of sp³-hybridized carbons (Fsp3) is 0.955. The van der Waals surface area contributed by atoms with Crippen molar-refractivity contribution in [1.29, 1.82) is 0 Å². The lowest BCUT2D eigenvalue weighted by Crippen LogP contribution is -2.74. The highest BCUT2D eigenvalue weighted by molar-refractivity contribution is 9.43. The Labute approximate surface area is 748 Å². The number of rotatable bonds is 20. The number of halogens is 43. The highest BCUT2D eigenvalue weighted by Gasteiger charge is 2.85. The minimum Gasteiger partial charge on any atom is -0.480 e. The highest BCUT2D eigenvalue weighted by Crippen LogP contribution is 2.85. The van der Waals surface area contributed by atoms with E-state index in [2.05, 4.69) is 685 Å². The fourth-order valence-electron chi connectivity index (χ4n) is 3.86. The number of carboxylic acids is 1. The SMILES string of the molecule is O=C(O)C(Br)(Br)C(Br)(Br)C(Br)(Br)C(Br)(Br)C(Br)(Br)C(Br)(Br)C(Br)(Br)C(Br)(Br)C(Br)(Br)C(Br)(Br)C(Br)(Br)C(Br)(Br)C(Br)(Br)C(Br)(Br)C(Br)(Br)C(Br)(Br)C(Br)(Br)C(Br)(Br)C(Br)(Br)C(Br)(Br)C(Br)(Br)Br. The van der Waals surface area contributed by atoms with Crippen molar-refractivity contribution in [3.05, 3.63) is 0 Å². The van der Waals surface area contributed by atoms with E-state index >= 15 is 0 Å². The van der Waals surface area contributed by atoms with Gasteiger partial charge in [0.15, 0.2) is 2.14 Å². The Morgan fingerprint density at radius 1 is 0.179 bits per heavy atom. The summed E-state index contributed by atoms with van der Waals surface area (Å²) in [4.78, 5) is 12.5. The van der Waals surface area contributed by atoms with Gasteiger partial charge in [-0.15, -0.1) is 0 Å². The lowest BCUT2D eigenvalue weighted by Gasteiger charge is -2.63. The van der Waals surface area contributed by atoms with E-state index in [0.29, 0.717) is 0 Å². The average molecular weight is 3730 g/mol. The van der Waals surface area contributed by atoms with Gasteiger partial charge < -0.3 is 5.11 Å². The zero-order valence-electron chi connectivity index (χ0n) is 28.1. The van der Waals surface area contributed by atoms with Gasteiger partial charge >= 0.3 is 5.97 Å². The lowest BCUT2D eigenvalue weighted by atomic mass is 10.0. The van der Waals surface area contributed by atoms with Crippen LogP contribution in [-0.2, 0) is 4.79 Å². The van der Waals surface area contributed by atoms with E-state index in [1.807, 2.05) is 0 Å². The van der Waals surface area contributed by atoms with Crippen LogP contribution in [0.25, 0.3) is 0 Å². The molecule has 1 N–H and O–H groups in total. The summed E-state index contributed by atoms with van der Waals surface area (Å²) in [5.74, 6) is -1.27. The summed E-state index contributed by atoms with van der Waals surface area (Å²) in [6, 6.07) is 0. The maximum absolute atomic E-state index is 12.5. The van der Waals surface area contributed by atoms with Gasteiger partial charge in [-0.25, -0.2) is 4.79 Å². The molecule has 2 nitrogen and oxygen atoms in total. The van der Waals surface area contributed by atoms with Gasteiger partial charge in [0.25, 0.3) is 0 Å². The summed E-state index contributed by atoms with van der Waals surface area (Å²) >= 11 is 167. The van der Waals surface area contributed by atoms with Crippen LogP contribution in [-0.4, -0.2) is 77.9 Å². The number of carboxylic acid groups (broad SMARTS) is 1. The van der Waals surface area contributed by atoms with Gasteiger partial charge in [0.05, 0.1) is 0 Å². The molecule has 0 spiro atoms. The van der Waals surface area contributed by atoms with Crippen LogP contribution >= 0.6 is 685 Å². The van der Waals surface area contributed by atoms with Crippen LogP contribution in [0.2, 0.25) is 0 Å². The van der Waals surface area contributed by atoms with Crippen LogP contribution in [0.4, 0.5) is 0 Å². The van der Waals surface area contributed by atoms with E-state index in [0.717, 1.165) is 0 Å². The summed E-state index contributed by atoms with van der Waals surface area (Å²) in [7, 11) is 0. The first-order chi connectivity index (χ1) is 27.9. The zero-order valence-corrected chi connectivity index (χ0v) is 96.3. The number of carbonyl (C=O) groups is 1. The highest BCUT2D eigenvalue weighted by atomic mass is 80.0. The number of hydrogen-bond acceptors (Lipinski definition) is 1. The third kappa shape index (κ3) is 14.3. The summed E-state index contributed by atoms with van der Waals surface area (Å²) in [5.41, 5.74) is 0. The molecular weight excluding hydrogens is 3730 g/mol. The Bertz CT molecular complexity index is 1840.